The number of halogens is 4. The molecule has 2 aromatic carbocycles. The number of amides is 2. The van der Waals surface area contributed by atoms with E-state index >= 15 is 4.39 Å². The molecule has 0 spiro atoms. The molecule has 0 saturated carbocycles. The van der Waals surface area contributed by atoms with Crippen LogP contribution in [0.4, 0.5) is 22.4 Å². The summed E-state index contributed by atoms with van der Waals surface area (Å²) in [6, 6.07) is 13.7. The van der Waals surface area contributed by atoms with Crippen molar-refractivity contribution in [2.75, 3.05) is 26.7 Å². The Morgan fingerprint density at radius 2 is 1.75 bits per heavy atom. The van der Waals surface area contributed by atoms with Crippen molar-refractivity contribution in [3.05, 3.63) is 88.1 Å². The minimum atomic E-state index is -4.38. The van der Waals surface area contributed by atoms with Crippen molar-refractivity contribution in [1.29, 1.82) is 0 Å². The second kappa shape index (κ2) is 16.5. The molecule has 4 aromatic heterocycles. The Bertz CT molecular complexity index is 2480. The SMILES string of the molecule is CCC.COC(=O)NCC(=O)N1CCC[C@H]1c1ncc(-c2cc(F)c3c(c2)OC(c2ccc(CC(F)(F)F)s2)n2c-3cc3cc(-c4cnc(C5CCCN5)[nH]4)ccc32)[nH]1. The van der Waals surface area contributed by atoms with Gasteiger partial charge in [0, 0.05) is 27.9 Å². The quantitative estimate of drug-likeness (QED) is 0.112. The van der Waals surface area contributed by atoms with E-state index in [0.29, 0.717) is 40.6 Å². The fraction of sp³-hybridized carbons (Fsp3) is 0.381. The normalized spacial score (nSPS) is 18.6. The number of aromatic amines is 2. The number of nitrogens with one attached hydrogen (secondary N) is 4. The zero-order valence-corrected chi connectivity index (χ0v) is 33.5. The van der Waals surface area contributed by atoms with Crippen LogP contribution in [0.3, 0.4) is 0 Å². The van der Waals surface area contributed by atoms with Crippen LogP contribution in [-0.2, 0) is 16.0 Å². The zero-order chi connectivity index (χ0) is 41.4. The van der Waals surface area contributed by atoms with E-state index in [1.54, 1.807) is 29.4 Å². The fourth-order valence-corrected chi connectivity index (χ4v) is 9.07. The summed E-state index contributed by atoms with van der Waals surface area (Å²) < 4.78 is 69.8. The molecule has 3 aliphatic rings. The smallest absolute Gasteiger partial charge is 0.407 e. The lowest BCUT2D eigenvalue weighted by atomic mass is 10.0. The number of likely N-dealkylation sites (tertiary alicyclic amines) is 1. The van der Waals surface area contributed by atoms with Crippen LogP contribution in [0.2, 0.25) is 0 Å². The summed E-state index contributed by atoms with van der Waals surface area (Å²) in [5, 5.41) is 6.66. The number of carbonyl (C=O) groups excluding carboxylic acids is 2. The van der Waals surface area contributed by atoms with Gasteiger partial charge in [0.25, 0.3) is 0 Å². The Morgan fingerprint density at radius 1 is 0.983 bits per heavy atom. The predicted molar refractivity (Wildman–Crippen MR) is 215 cm³/mol. The number of thiophene rings is 1. The van der Waals surface area contributed by atoms with Gasteiger partial charge >= 0.3 is 12.3 Å². The van der Waals surface area contributed by atoms with Crippen molar-refractivity contribution in [3.8, 4) is 39.5 Å². The van der Waals surface area contributed by atoms with Gasteiger partial charge in [-0.15, -0.1) is 11.3 Å². The Hall–Kier alpha value is -5.68. The van der Waals surface area contributed by atoms with E-state index in [1.807, 2.05) is 28.8 Å². The number of ether oxygens (including phenoxy) is 2. The number of benzene rings is 2. The second-order valence-electron chi connectivity index (χ2n) is 14.9. The highest BCUT2D eigenvalue weighted by Gasteiger charge is 2.36. The number of alkyl halides is 3. The van der Waals surface area contributed by atoms with Crippen LogP contribution in [0.15, 0.2) is 60.9 Å². The number of carbonyl (C=O) groups is 2. The molecule has 3 atom stereocenters. The monoisotopic (exact) mass is 832 g/mol. The lowest BCUT2D eigenvalue weighted by molar-refractivity contribution is -0.131. The second-order valence-corrected chi connectivity index (χ2v) is 16.1. The van der Waals surface area contributed by atoms with Crippen LogP contribution in [0.25, 0.3) is 44.7 Å². The Balaban J connectivity index is 0.00000157. The molecule has 0 aliphatic carbocycles. The van der Waals surface area contributed by atoms with Gasteiger partial charge in [0.15, 0.2) is 0 Å². The van der Waals surface area contributed by atoms with Crippen LogP contribution in [-0.4, -0.2) is 74.3 Å². The van der Waals surface area contributed by atoms with E-state index < -0.39 is 30.7 Å². The summed E-state index contributed by atoms with van der Waals surface area (Å²) in [5.41, 5.74) is 4.10. The first-order valence-corrected chi connectivity index (χ1v) is 20.5. The van der Waals surface area contributed by atoms with Gasteiger partial charge in [-0.1, -0.05) is 26.3 Å². The van der Waals surface area contributed by atoms with Crippen LogP contribution < -0.4 is 15.4 Å². The van der Waals surface area contributed by atoms with Crippen molar-refractivity contribution >= 4 is 34.2 Å². The predicted octanol–water partition coefficient (Wildman–Crippen LogP) is 9.19. The van der Waals surface area contributed by atoms with E-state index in [0.717, 1.165) is 65.1 Å². The molecular formula is C42H44F4N8O4S. The fourth-order valence-electron chi connectivity index (χ4n) is 8.01. The molecule has 2 saturated heterocycles. The van der Waals surface area contributed by atoms with Crippen molar-refractivity contribution < 1.29 is 36.6 Å². The highest BCUT2D eigenvalue weighted by Crippen LogP contribution is 2.48. The maximum atomic E-state index is 16.5. The average Bonchev–Trinajstić information content (AvgIpc) is 4.06. The Labute approximate surface area is 341 Å². The molecule has 59 heavy (non-hydrogen) atoms. The van der Waals surface area contributed by atoms with Crippen molar-refractivity contribution in [1.82, 2.24) is 40.0 Å². The standard InChI is InChI=1S/C39H36F4N8O4S.C3H8/c1-54-38(53)47-19-33(52)50-11-3-5-29(50)36-46-18-27(49-36)21-13-24(40)34-30-14-22-12-20(26-17-45-35(48-26)25-4-2-10-44-25)6-8-28(22)51(30)37(55-31(34)15-21)32-9-7-23(56-32)16-39(41,42)43;1-3-2/h6-9,12-15,17-18,25,29,37,44H,2-5,10-11,16,19H2,1H3,(H,45,48)(H,46,49)(H,47,53);3H2,1-2H3/t25?,29-,37?;/m0./s1. The largest absolute Gasteiger partial charge is 0.464 e. The molecule has 0 radical (unpaired) electrons. The minimum Gasteiger partial charge on any atom is -0.464 e. The van der Waals surface area contributed by atoms with Gasteiger partial charge in [0.2, 0.25) is 12.1 Å². The summed E-state index contributed by atoms with van der Waals surface area (Å²) in [4.78, 5) is 42.6. The first kappa shape index (κ1) is 40.1. The lowest BCUT2D eigenvalue weighted by Crippen LogP contribution is -2.40. The summed E-state index contributed by atoms with van der Waals surface area (Å²) in [7, 11) is 1.22. The molecule has 310 valence electrons. The van der Waals surface area contributed by atoms with E-state index in [4.69, 9.17) is 4.74 Å². The molecule has 2 amide bonds. The first-order chi connectivity index (χ1) is 28.4. The van der Waals surface area contributed by atoms with Gasteiger partial charge in [-0.05, 0) is 74.7 Å². The number of rotatable bonds is 8. The molecule has 17 heteroatoms. The van der Waals surface area contributed by atoms with Gasteiger partial charge in [-0.3, -0.25) is 9.36 Å². The highest BCUT2D eigenvalue weighted by molar-refractivity contribution is 7.12. The molecule has 12 nitrogen and oxygen atoms in total. The number of hydrogen-bond donors (Lipinski definition) is 4. The Morgan fingerprint density at radius 3 is 2.49 bits per heavy atom. The molecule has 7 heterocycles. The van der Waals surface area contributed by atoms with Gasteiger partial charge in [-0.25, -0.2) is 19.2 Å². The summed E-state index contributed by atoms with van der Waals surface area (Å²) in [6.45, 7) is 5.44. The van der Waals surface area contributed by atoms with E-state index in [1.165, 1.54) is 25.7 Å². The number of H-pyrrole nitrogens is 2. The number of fused-ring (bicyclic) bond motifs is 5. The third-order valence-corrected chi connectivity index (χ3v) is 11.7. The molecule has 4 N–H and O–H groups in total. The number of methoxy groups -OCH3 is 1. The van der Waals surface area contributed by atoms with Crippen LogP contribution in [0.1, 0.15) is 85.7 Å². The third-order valence-electron chi connectivity index (χ3n) is 10.6. The van der Waals surface area contributed by atoms with E-state index in [2.05, 4.69) is 49.2 Å². The maximum Gasteiger partial charge on any atom is 0.407 e. The number of alkyl carbamates (subject to hydrolysis) is 1. The van der Waals surface area contributed by atoms with Gasteiger partial charge < -0.3 is 35.0 Å². The number of aromatic nitrogens is 5. The van der Waals surface area contributed by atoms with Crippen LogP contribution >= 0.6 is 11.3 Å². The molecular weight excluding hydrogens is 789 g/mol. The molecule has 3 aliphatic heterocycles. The lowest BCUT2D eigenvalue weighted by Gasteiger charge is -2.30. The first-order valence-electron chi connectivity index (χ1n) is 19.7. The number of hydrogen-bond acceptors (Lipinski definition) is 8. The van der Waals surface area contributed by atoms with Gasteiger partial charge in [0.1, 0.15) is 29.8 Å². The summed E-state index contributed by atoms with van der Waals surface area (Å²) >= 11 is 1.00. The number of nitrogens with zero attached hydrogens (tertiary/aromatic N) is 4. The Kier molecular flexibility index (Phi) is 11.2. The average molecular weight is 833 g/mol. The topological polar surface area (TPSA) is 142 Å². The molecule has 9 rings (SSSR count). The van der Waals surface area contributed by atoms with Gasteiger partial charge in [0.05, 0.1) is 71.0 Å². The van der Waals surface area contributed by atoms with Crippen molar-refractivity contribution in [2.45, 2.75) is 76.9 Å². The molecule has 2 fully saturated rings. The van der Waals surface area contributed by atoms with E-state index in [9.17, 15) is 22.8 Å². The number of imidazole rings is 2. The summed E-state index contributed by atoms with van der Waals surface area (Å²) in [6.07, 6.45) is 1.02. The van der Waals surface area contributed by atoms with Crippen molar-refractivity contribution in [2.24, 2.45) is 0 Å². The molecule has 6 aromatic rings. The summed E-state index contributed by atoms with van der Waals surface area (Å²) in [5.74, 6) is 0.745. The highest BCUT2D eigenvalue weighted by atomic mass is 32.1. The van der Waals surface area contributed by atoms with Crippen LogP contribution in [0.5, 0.6) is 5.75 Å². The minimum absolute atomic E-state index is 0.138. The zero-order valence-electron chi connectivity index (χ0n) is 32.7. The maximum absolute atomic E-state index is 16.5. The van der Waals surface area contributed by atoms with Crippen molar-refractivity contribution in [3.63, 3.8) is 0 Å². The van der Waals surface area contributed by atoms with Gasteiger partial charge in [-0.2, -0.15) is 13.2 Å². The molecule has 2 unspecified atom stereocenters. The third kappa shape index (κ3) is 8.17. The van der Waals surface area contributed by atoms with Crippen LogP contribution in [0, 0.1) is 5.82 Å². The van der Waals surface area contributed by atoms with E-state index in [-0.39, 0.29) is 40.7 Å². The molecule has 0 bridgehead atoms.